The normalized spacial score (nSPS) is 15.9. The largest absolute Gasteiger partial charge is 0.444 e. The number of rotatable bonds is 4. The van der Waals surface area contributed by atoms with Gasteiger partial charge in [-0.2, -0.15) is 0 Å². The van der Waals surface area contributed by atoms with Crippen LogP contribution in [0.2, 0.25) is 5.02 Å². The zero-order chi connectivity index (χ0) is 22.8. The van der Waals surface area contributed by atoms with Crippen LogP contribution >= 0.6 is 11.6 Å². The standard InChI is InChI=1S/C23H36ClN3O3/c1-15(2)27(18(5)28)17(4)19-13-16(3)20(24)14-21(19)25-9-11-26(12-10-25)22(29)30-23(6,7)8/h13-15,17H,9-12H2,1-8H3/t17-/m1/s1. The first-order chi connectivity index (χ1) is 13.8. The number of amides is 2. The molecule has 1 atom stereocenters. The van der Waals surface area contributed by atoms with Gasteiger partial charge in [-0.25, -0.2) is 4.79 Å². The van der Waals surface area contributed by atoms with Gasteiger partial charge >= 0.3 is 6.09 Å². The van der Waals surface area contributed by atoms with Gasteiger partial charge in [0.1, 0.15) is 5.60 Å². The molecule has 0 aliphatic carbocycles. The Morgan fingerprint density at radius 1 is 1.10 bits per heavy atom. The molecule has 2 rings (SSSR count). The summed E-state index contributed by atoms with van der Waals surface area (Å²) in [7, 11) is 0. The van der Waals surface area contributed by atoms with Crippen molar-refractivity contribution in [2.45, 2.75) is 73.1 Å². The van der Waals surface area contributed by atoms with Gasteiger partial charge in [-0.3, -0.25) is 4.79 Å². The molecule has 1 aliphatic rings. The van der Waals surface area contributed by atoms with E-state index in [2.05, 4.69) is 17.9 Å². The van der Waals surface area contributed by atoms with Crippen molar-refractivity contribution in [2.75, 3.05) is 31.1 Å². The highest BCUT2D eigenvalue weighted by molar-refractivity contribution is 6.31. The summed E-state index contributed by atoms with van der Waals surface area (Å²) in [5, 5.41) is 0.703. The second-order valence-corrected chi connectivity index (χ2v) is 9.72. The molecule has 168 valence electrons. The summed E-state index contributed by atoms with van der Waals surface area (Å²) >= 11 is 6.47. The van der Waals surface area contributed by atoms with Crippen LogP contribution in [0.25, 0.3) is 0 Å². The van der Waals surface area contributed by atoms with Crippen molar-refractivity contribution in [3.8, 4) is 0 Å². The quantitative estimate of drug-likeness (QED) is 0.663. The van der Waals surface area contributed by atoms with Gasteiger partial charge in [0.15, 0.2) is 0 Å². The third kappa shape index (κ3) is 5.81. The van der Waals surface area contributed by atoms with Crippen LogP contribution in [0.1, 0.15) is 65.6 Å². The first kappa shape index (κ1) is 24.3. The minimum absolute atomic E-state index is 0.0470. The molecule has 1 saturated heterocycles. The van der Waals surface area contributed by atoms with Gasteiger partial charge in [0.05, 0.1) is 6.04 Å². The monoisotopic (exact) mass is 437 g/mol. The fraction of sp³-hybridized carbons (Fsp3) is 0.652. The molecule has 0 bridgehead atoms. The number of hydrogen-bond acceptors (Lipinski definition) is 4. The third-order valence-electron chi connectivity index (χ3n) is 5.37. The van der Waals surface area contributed by atoms with E-state index in [4.69, 9.17) is 16.3 Å². The van der Waals surface area contributed by atoms with Crippen LogP contribution in [0.4, 0.5) is 10.5 Å². The number of anilines is 1. The fourth-order valence-corrected chi connectivity index (χ4v) is 4.15. The first-order valence-electron chi connectivity index (χ1n) is 10.6. The van der Waals surface area contributed by atoms with Gasteiger partial charge in [0.2, 0.25) is 5.91 Å². The molecule has 0 unspecified atom stereocenters. The number of hydrogen-bond donors (Lipinski definition) is 0. The van der Waals surface area contributed by atoms with Gasteiger partial charge < -0.3 is 19.4 Å². The summed E-state index contributed by atoms with van der Waals surface area (Å²) < 4.78 is 5.50. The molecule has 0 N–H and O–H groups in total. The topological polar surface area (TPSA) is 53.1 Å². The number of aryl methyl sites for hydroxylation is 1. The lowest BCUT2D eigenvalue weighted by molar-refractivity contribution is -0.132. The van der Waals surface area contributed by atoms with E-state index >= 15 is 0 Å². The Balaban J connectivity index is 2.27. The molecule has 0 radical (unpaired) electrons. The van der Waals surface area contributed by atoms with Crippen LogP contribution < -0.4 is 4.90 Å². The van der Waals surface area contributed by atoms with Crippen molar-refractivity contribution in [3.05, 3.63) is 28.3 Å². The van der Waals surface area contributed by atoms with Gasteiger partial charge in [0, 0.05) is 49.9 Å². The average Bonchev–Trinajstić information content (AvgIpc) is 2.61. The van der Waals surface area contributed by atoms with E-state index in [-0.39, 0.29) is 24.1 Å². The lowest BCUT2D eigenvalue weighted by Gasteiger charge is -2.40. The number of nitrogens with zero attached hydrogens (tertiary/aromatic N) is 3. The van der Waals surface area contributed by atoms with Gasteiger partial charge in [0.25, 0.3) is 0 Å². The van der Waals surface area contributed by atoms with Gasteiger partial charge in [-0.05, 0) is 65.7 Å². The van der Waals surface area contributed by atoms with Crippen LogP contribution in [-0.4, -0.2) is 59.6 Å². The predicted octanol–water partition coefficient (Wildman–Crippen LogP) is 5.02. The van der Waals surface area contributed by atoms with Gasteiger partial charge in [-0.15, -0.1) is 0 Å². The number of ether oxygens (including phenoxy) is 1. The molecule has 6 nitrogen and oxygen atoms in total. The fourth-order valence-electron chi connectivity index (χ4n) is 3.99. The summed E-state index contributed by atoms with van der Waals surface area (Å²) in [5.41, 5.74) is 2.58. The predicted molar refractivity (Wildman–Crippen MR) is 122 cm³/mol. The Morgan fingerprint density at radius 3 is 2.13 bits per heavy atom. The third-order valence-corrected chi connectivity index (χ3v) is 5.77. The molecular formula is C23H36ClN3O3. The Morgan fingerprint density at radius 2 is 1.67 bits per heavy atom. The lowest BCUT2D eigenvalue weighted by Crippen LogP contribution is -2.50. The van der Waals surface area contributed by atoms with Crippen molar-refractivity contribution < 1.29 is 14.3 Å². The maximum Gasteiger partial charge on any atom is 0.410 e. The molecule has 7 heteroatoms. The molecule has 1 aliphatic heterocycles. The Labute approximate surface area is 186 Å². The zero-order valence-corrected chi connectivity index (χ0v) is 20.3. The minimum atomic E-state index is -0.506. The number of halogens is 1. The molecule has 0 aromatic heterocycles. The molecule has 1 fully saturated rings. The Hall–Kier alpha value is -1.95. The second kappa shape index (κ2) is 9.46. The molecule has 1 heterocycles. The number of benzene rings is 1. The first-order valence-corrected chi connectivity index (χ1v) is 11.0. The van der Waals surface area contributed by atoms with Crippen molar-refractivity contribution in [1.29, 1.82) is 0 Å². The van der Waals surface area contributed by atoms with Crippen LogP contribution in [0.5, 0.6) is 0 Å². The second-order valence-electron chi connectivity index (χ2n) is 9.31. The van der Waals surface area contributed by atoms with Crippen LogP contribution in [-0.2, 0) is 9.53 Å². The van der Waals surface area contributed by atoms with Crippen LogP contribution in [0.3, 0.4) is 0 Å². The molecule has 2 amide bonds. The van der Waals surface area contributed by atoms with E-state index in [0.717, 1.165) is 16.8 Å². The highest BCUT2D eigenvalue weighted by Crippen LogP contribution is 2.36. The molecule has 1 aromatic rings. The highest BCUT2D eigenvalue weighted by atomic mass is 35.5. The maximum atomic E-state index is 12.4. The molecule has 1 aromatic carbocycles. The van der Waals surface area contributed by atoms with Gasteiger partial charge in [-0.1, -0.05) is 17.7 Å². The smallest absolute Gasteiger partial charge is 0.410 e. The molecule has 0 spiro atoms. The molecule has 0 saturated carbocycles. The lowest BCUT2D eigenvalue weighted by atomic mass is 9.99. The van der Waals surface area contributed by atoms with E-state index in [1.54, 1.807) is 11.8 Å². The maximum absolute atomic E-state index is 12.4. The van der Waals surface area contributed by atoms with E-state index in [9.17, 15) is 9.59 Å². The number of carbonyl (C=O) groups is 2. The van der Waals surface area contributed by atoms with E-state index < -0.39 is 5.60 Å². The summed E-state index contributed by atoms with van der Waals surface area (Å²) in [6.07, 6.45) is -0.278. The van der Waals surface area contributed by atoms with Crippen molar-refractivity contribution in [3.63, 3.8) is 0 Å². The zero-order valence-electron chi connectivity index (χ0n) is 19.6. The number of carbonyl (C=O) groups excluding carboxylic acids is 2. The van der Waals surface area contributed by atoms with Crippen LogP contribution in [0.15, 0.2) is 12.1 Å². The summed E-state index contributed by atoms with van der Waals surface area (Å²) in [6.45, 7) is 17.8. The van der Waals surface area contributed by atoms with Crippen molar-refractivity contribution >= 4 is 29.3 Å². The van der Waals surface area contributed by atoms with Crippen molar-refractivity contribution in [2.24, 2.45) is 0 Å². The molecular weight excluding hydrogens is 402 g/mol. The Kier molecular flexibility index (Phi) is 7.67. The van der Waals surface area contributed by atoms with E-state index in [1.165, 1.54) is 0 Å². The minimum Gasteiger partial charge on any atom is -0.444 e. The van der Waals surface area contributed by atoms with Crippen LogP contribution in [0, 0.1) is 6.92 Å². The SMILES string of the molecule is CC(=O)N(C(C)C)[C@H](C)c1cc(C)c(Cl)cc1N1CCN(C(=O)OC(C)(C)C)CC1. The Bertz CT molecular complexity index is 781. The van der Waals surface area contributed by atoms with E-state index in [1.807, 2.05) is 52.5 Å². The van der Waals surface area contributed by atoms with E-state index in [0.29, 0.717) is 31.2 Å². The highest BCUT2D eigenvalue weighted by Gasteiger charge is 2.29. The van der Waals surface area contributed by atoms with Crippen molar-refractivity contribution in [1.82, 2.24) is 9.80 Å². The number of piperazine rings is 1. The summed E-state index contributed by atoms with van der Waals surface area (Å²) in [6, 6.07) is 4.08. The summed E-state index contributed by atoms with van der Waals surface area (Å²) in [5.74, 6) is 0.0470. The average molecular weight is 438 g/mol. The molecule has 30 heavy (non-hydrogen) atoms. The summed E-state index contributed by atoms with van der Waals surface area (Å²) in [4.78, 5) is 30.6.